The largest absolute Gasteiger partial charge is 0.464 e. The van der Waals surface area contributed by atoms with Gasteiger partial charge in [-0.1, -0.05) is 33.7 Å². The zero-order valence-corrected chi connectivity index (χ0v) is 35.6. The van der Waals surface area contributed by atoms with Crippen LogP contribution in [0.5, 0.6) is 0 Å². The number of aromatic nitrogens is 6. The number of likely N-dealkylation sites (N-methyl/N-ethyl adjacent to an activating group) is 2. The lowest BCUT2D eigenvalue weighted by molar-refractivity contribution is -0.138. The van der Waals surface area contributed by atoms with Gasteiger partial charge in [-0.25, -0.2) is 28.9 Å². The molecule has 6 aromatic rings. The number of carbonyl (C=O) groups excluding carboxylic acids is 4. The standard InChI is InChI=1S/C22H17N5O4.C15H9BrN4O2.C7H9NO2/c1-26-9-7-22(30,21(26)29)6-5-14-10-15(13-23)12-16(11-14)27-19-17(4-3-8-24-19)18(25-27)20(28)31-2;1-22-15(21)13-12-3-2-4-18-14(12)20(19-13)11-6-9(8-17)5-10(16)7-11;1-3-7(10)4-5-8(2)6(7)9/h3-4,8,10-12,30H,7,9H2,1-2H3;2-7H,1H3;1,10H,4-5H2,2H3/t22-;;7-/m0.0/s1. The molecule has 19 heteroatoms. The van der Waals surface area contributed by atoms with Gasteiger partial charge in [0.1, 0.15) is 0 Å². The molecule has 316 valence electrons. The molecule has 8 rings (SSSR count). The summed E-state index contributed by atoms with van der Waals surface area (Å²) < 4.78 is 13.2. The number of halogens is 1. The third kappa shape index (κ3) is 9.08. The van der Waals surface area contributed by atoms with E-state index in [4.69, 9.17) is 21.2 Å². The normalized spacial score (nSPS) is 17.6. The Bertz CT molecular complexity index is 3020. The van der Waals surface area contributed by atoms with Crippen LogP contribution in [-0.4, -0.2) is 126 Å². The second-order valence-electron chi connectivity index (χ2n) is 14.0. The Morgan fingerprint density at radius 2 is 1.21 bits per heavy atom. The molecule has 2 aliphatic heterocycles. The van der Waals surface area contributed by atoms with Gasteiger partial charge in [-0.05, 0) is 60.7 Å². The van der Waals surface area contributed by atoms with E-state index in [-0.39, 0.29) is 23.7 Å². The monoisotopic (exact) mass is 910 g/mol. The lowest BCUT2D eigenvalue weighted by atomic mass is 10.0. The Balaban J connectivity index is 0.000000178. The number of pyridine rings is 2. The third-order valence-electron chi connectivity index (χ3n) is 9.86. The number of fused-ring (bicyclic) bond motifs is 2. The topological polar surface area (TPSA) is 243 Å². The van der Waals surface area contributed by atoms with Crippen molar-refractivity contribution in [1.29, 1.82) is 10.5 Å². The highest BCUT2D eigenvalue weighted by molar-refractivity contribution is 9.10. The maximum atomic E-state index is 12.2. The molecule has 0 unspecified atom stereocenters. The van der Waals surface area contributed by atoms with Gasteiger partial charge in [-0.2, -0.15) is 20.7 Å². The fourth-order valence-electron chi connectivity index (χ4n) is 6.52. The Kier molecular flexibility index (Phi) is 13.0. The summed E-state index contributed by atoms with van der Waals surface area (Å²) in [6.07, 6.45) is 8.70. The van der Waals surface area contributed by atoms with Gasteiger partial charge >= 0.3 is 11.9 Å². The average Bonchev–Trinajstić information content (AvgIpc) is 4.04. The van der Waals surface area contributed by atoms with E-state index in [1.165, 1.54) is 33.4 Å². The maximum absolute atomic E-state index is 12.2. The molecule has 0 saturated carbocycles. The number of aliphatic hydroxyl groups is 2. The van der Waals surface area contributed by atoms with Crippen LogP contribution in [0.1, 0.15) is 50.5 Å². The molecular weight excluding hydrogens is 876 g/mol. The van der Waals surface area contributed by atoms with Gasteiger partial charge in [-0.15, -0.1) is 6.42 Å². The summed E-state index contributed by atoms with van der Waals surface area (Å²) >= 11 is 3.36. The van der Waals surface area contributed by atoms with Crippen LogP contribution in [0, 0.1) is 46.8 Å². The number of methoxy groups -OCH3 is 2. The van der Waals surface area contributed by atoms with Crippen LogP contribution in [0.4, 0.5) is 0 Å². The second kappa shape index (κ2) is 18.4. The lowest BCUT2D eigenvalue weighted by Gasteiger charge is -2.13. The summed E-state index contributed by atoms with van der Waals surface area (Å²) in [5, 5.41) is 48.1. The number of rotatable bonds is 4. The number of benzene rings is 2. The SMILES string of the molecule is C#C[C@]1(O)CCN(C)C1=O.COC(=O)c1nn(-c2cc(Br)cc(C#N)c2)c2ncccc12.COC(=O)c1nn(-c2cc(C#N)cc(C#C[C@]3(O)CCN(C)C3=O)c2)c2ncccc12. The number of hydrogen-bond donors (Lipinski definition) is 2. The van der Waals surface area contributed by atoms with E-state index in [9.17, 15) is 34.7 Å². The summed E-state index contributed by atoms with van der Waals surface area (Å²) in [6, 6.07) is 20.9. The molecule has 0 spiro atoms. The van der Waals surface area contributed by atoms with E-state index in [1.54, 1.807) is 87.2 Å². The van der Waals surface area contributed by atoms with Gasteiger partial charge in [0.05, 0.1) is 59.6 Å². The molecule has 2 N–H and O–H groups in total. The van der Waals surface area contributed by atoms with E-state index in [0.717, 1.165) is 4.47 Å². The molecule has 63 heavy (non-hydrogen) atoms. The highest BCUT2D eigenvalue weighted by Crippen LogP contribution is 2.26. The number of terminal acetylenes is 1. The van der Waals surface area contributed by atoms with Gasteiger partial charge in [0.25, 0.3) is 11.8 Å². The predicted molar refractivity (Wildman–Crippen MR) is 228 cm³/mol. The number of likely N-dealkylation sites (tertiary alicyclic amines) is 2. The zero-order chi connectivity index (χ0) is 45.6. The highest BCUT2D eigenvalue weighted by Gasteiger charge is 2.43. The van der Waals surface area contributed by atoms with Crippen LogP contribution < -0.4 is 0 Å². The van der Waals surface area contributed by atoms with Crippen molar-refractivity contribution >= 4 is 61.7 Å². The molecule has 2 aliphatic rings. The van der Waals surface area contributed by atoms with Crippen molar-refractivity contribution in [3.05, 3.63) is 106 Å². The summed E-state index contributed by atoms with van der Waals surface area (Å²) in [5.41, 5.74) is 0.181. The lowest BCUT2D eigenvalue weighted by Crippen LogP contribution is -2.37. The highest BCUT2D eigenvalue weighted by atomic mass is 79.9. The first-order chi connectivity index (χ1) is 30.1. The molecule has 0 radical (unpaired) electrons. The van der Waals surface area contributed by atoms with Crippen molar-refractivity contribution in [2.45, 2.75) is 24.0 Å². The summed E-state index contributed by atoms with van der Waals surface area (Å²) in [6.45, 7) is 0.953. The van der Waals surface area contributed by atoms with Crippen LogP contribution in [0.15, 0.2) is 77.5 Å². The van der Waals surface area contributed by atoms with E-state index in [0.29, 0.717) is 69.6 Å². The van der Waals surface area contributed by atoms with Crippen molar-refractivity contribution in [3.8, 4) is 47.7 Å². The zero-order valence-electron chi connectivity index (χ0n) is 34.0. The molecule has 2 aromatic carbocycles. The first-order valence-electron chi connectivity index (χ1n) is 18.7. The first kappa shape index (κ1) is 44.6. The molecule has 6 heterocycles. The minimum atomic E-state index is -1.75. The van der Waals surface area contributed by atoms with Crippen LogP contribution >= 0.6 is 15.9 Å². The van der Waals surface area contributed by atoms with E-state index >= 15 is 0 Å². The summed E-state index contributed by atoms with van der Waals surface area (Å²) in [7, 11) is 5.79. The molecular formula is C44H35BrN10O8. The average molecular weight is 912 g/mol. The Labute approximate surface area is 368 Å². The van der Waals surface area contributed by atoms with Crippen molar-refractivity contribution in [3.63, 3.8) is 0 Å². The van der Waals surface area contributed by atoms with Crippen LogP contribution in [0.25, 0.3) is 33.4 Å². The van der Waals surface area contributed by atoms with Crippen molar-refractivity contribution in [2.24, 2.45) is 0 Å². The number of nitriles is 2. The van der Waals surface area contributed by atoms with Crippen molar-refractivity contribution in [2.75, 3.05) is 41.4 Å². The van der Waals surface area contributed by atoms with Crippen LogP contribution in [0.2, 0.25) is 0 Å². The second-order valence-corrected chi connectivity index (χ2v) is 14.9. The van der Waals surface area contributed by atoms with Gasteiger partial charge in [-0.3, -0.25) is 9.59 Å². The molecule has 2 saturated heterocycles. The predicted octanol–water partition coefficient (Wildman–Crippen LogP) is 3.08. The van der Waals surface area contributed by atoms with E-state index in [1.807, 2.05) is 0 Å². The van der Waals surface area contributed by atoms with Crippen molar-refractivity contribution in [1.82, 2.24) is 39.3 Å². The number of ether oxygens (including phenoxy) is 2. The summed E-state index contributed by atoms with van der Waals surface area (Å²) in [4.78, 5) is 58.6. The quantitative estimate of drug-likeness (QED) is 0.191. The first-order valence-corrected chi connectivity index (χ1v) is 19.5. The Hall–Kier alpha value is -7.94. The van der Waals surface area contributed by atoms with Crippen LogP contribution in [-0.2, 0) is 19.1 Å². The minimum absolute atomic E-state index is 0.0921. The minimum Gasteiger partial charge on any atom is -0.464 e. The molecule has 2 atom stereocenters. The van der Waals surface area contributed by atoms with E-state index in [2.05, 4.69) is 66.0 Å². The number of amides is 2. The Morgan fingerprint density at radius 3 is 1.63 bits per heavy atom. The number of carbonyl (C=O) groups is 4. The maximum Gasteiger partial charge on any atom is 0.359 e. The summed E-state index contributed by atoms with van der Waals surface area (Å²) in [5.74, 6) is 5.56. The molecule has 2 fully saturated rings. The molecule has 0 bridgehead atoms. The van der Waals surface area contributed by atoms with Gasteiger partial charge in [0, 0.05) is 62.5 Å². The van der Waals surface area contributed by atoms with Crippen LogP contribution in [0.3, 0.4) is 0 Å². The number of nitrogens with zero attached hydrogens (tertiary/aromatic N) is 10. The fourth-order valence-corrected chi connectivity index (χ4v) is 7.00. The van der Waals surface area contributed by atoms with E-state index < -0.39 is 29.0 Å². The molecule has 18 nitrogen and oxygen atoms in total. The van der Waals surface area contributed by atoms with Gasteiger partial charge < -0.3 is 29.5 Å². The number of hydrogen-bond acceptors (Lipinski definition) is 14. The smallest absolute Gasteiger partial charge is 0.359 e. The Morgan fingerprint density at radius 1 is 0.746 bits per heavy atom. The van der Waals surface area contributed by atoms with Gasteiger partial charge in [0.2, 0.25) is 11.2 Å². The van der Waals surface area contributed by atoms with Crippen molar-refractivity contribution < 1.29 is 38.9 Å². The van der Waals surface area contributed by atoms with Gasteiger partial charge in [0.15, 0.2) is 22.7 Å². The third-order valence-corrected chi connectivity index (χ3v) is 10.3. The number of esters is 2. The molecule has 4 aromatic heterocycles. The molecule has 2 amide bonds. The fraction of sp³-hybridized carbons (Fsp3) is 0.227. The molecule has 0 aliphatic carbocycles.